The maximum absolute atomic E-state index is 13.1. The van der Waals surface area contributed by atoms with E-state index in [1.165, 1.54) is 4.90 Å². The van der Waals surface area contributed by atoms with Gasteiger partial charge in [0.15, 0.2) is 22.5 Å². The lowest BCUT2D eigenvalue weighted by Gasteiger charge is -2.25. The van der Waals surface area contributed by atoms with Crippen molar-refractivity contribution >= 4 is 52.1 Å². The van der Waals surface area contributed by atoms with E-state index in [2.05, 4.69) is 10.5 Å². The molecule has 0 bridgehead atoms. The van der Waals surface area contributed by atoms with Gasteiger partial charge in [-0.3, -0.25) is 4.79 Å². The summed E-state index contributed by atoms with van der Waals surface area (Å²) in [6.07, 6.45) is 1.91. The molecule has 218 valence electrons. The van der Waals surface area contributed by atoms with Crippen molar-refractivity contribution in [2.24, 2.45) is 5.16 Å². The molecule has 5 rings (SSSR count). The Bertz CT molecular complexity index is 1480. The fourth-order valence-corrected chi connectivity index (χ4v) is 5.51. The second kappa shape index (κ2) is 12.9. The molecule has 9 nitrogen and oxygen atoms in total. The smallest absolute Gasteiger partial charge is 0.490 e. The number of hydrogen-bond acceptors (Lipinski definition) is 8. The average molecular weight is 623 g/mol. The number of anilines is 1. The highest BCUT2D eigenvalue weighted by molar-refractivity contribution is 6.54. The van der Waals surface area contributed by atoms with Crippen LogP contribution in [0.15, 0.2) is 61.2 Å². The summed E-state index contributed by atoms with van der Waals surface area (Å²) in [7, 11) is 0. The number of alkyl halides is 2. The first-order chi connectivity index (χ1) is 19.7. The van der Waals surface area contributed by atoms with Gasteiger partial charge in [-0.2, -0.15) is 0 Å². The second-order valence-electron chi connectivity index (χ2n) is 10.2. The number of halogens is 3. The molecule has 1 atom stereocenters. The van der Waals surface area contributed by atoms with E-state index in [0.29, 0.717) is 39.9 Å². The van der Waals surface area contributed by atoms with Crippen molar-refractivity contribution in [3.63, 3.8) is 0 Å². The molecule has 2 aliphatic heterocycles. The minimum absolute atomic E-state index is 0.0935. The van der Waals surface area contributed by atoms with Crippen LogP contribution < -0.4 is 20.8 Å². The highest BCUT2D eigenvalue weighted by Crippen LogP contribution is 2.37. The van der Waals surface area contributed by atoms with Gasteiger partial charge in [0.05, 0.1) is 22.8 Å². The van der Waals surface area contributed by atoms with Crippen molar-refractivity contribution in [1.82, 2.24) is 5.32 Å². The Balaban J connectivity index is 1.38. The Kier molecular flexibility index (Phi) is 9.28. The van der Waals surface area contributed by atoms with Gasteiger partial charge in [0.25, 0.3) is 5.91 Å². The topological polar surface area (TPSA) is 107 Å². The molecular weight excluding hydrogens is 593 g/mol. The molecule has 2 aromatic carbocycles. The number of carbonyl (C=O) groups excluding carboxylic acids is 1. The number of nitrogens with one attached hydrogen (secondary N) is 1. The van der Waals surface area contributed by atoms with Gasteiger partial charge in [0.1, 0.15) is 11.9 Å². The molecule has 2 aliphatic rings. The number of hydrogen-bond donors (Lipinski definition) is 1. The van der Waals surface area contributed by atoms with Crippen LogP contribution in [0.5, 0.6) is 5.75 Å². The first-order valence-corrected chi connectivity index (χ1v) is 14.7. The zero-order chi connectivity index (χ0) is 29.1. The summed E-state index contributed by atoms with van der Waals surface area (Å²) in [6, 6.07) is 12.8. The Hall–Kier alpha value is -2.98. The van der Waals surface area contributed by atoms with E-state index in [4.69, 9.17) is 53.2 Å². The van der Waals surface area contributed by atoms with Gasteiger partial charge >= 0.3 is 5.82 Å². The number of nitrogens with zero attached hydrogens (tertiary/aromatic N) is 2. The molecule has 1 amide bonds. The molecule has 1 saturated heterocycles. The van der Waals surface area contributed by atoms with Crippen molar-refractivity contribution in [3.05, 3.63) is 80.8 Å². The van der Waals surface area contributed by atoms with Crippen LogP contribution in [0.2, 0.25) is 5.02 Å². The molecule has 1 aromatic heterocycles. The average Bonchev–Trinajstić information content (AvgIpc) is 3.59. The van der Waals surface area contributed by atoms with Crippen LogP contribution in [0.25, 0.3) is 0 Å². The number of benzene rings is 2. The predicted octanol–water partition coefficient (Wildman–Crippen LogP) is 6.34. The minimum atomic E-state index is -1.34. The fraction of sp³-hybridized carbons (Fsp3) is 0.414. The van der Waals surface area contributed by atoms with Gasteiger partial charge in [-0.1, -0.05) is 72.0 Å². The molecule has 0 aliphatic carbocycles. The summed E-state index contributed by atoms with van der Waals surface area (Å²) in [5.41, 5.74) is 2.64. The van der Waals surface area contributed by atoms with Crippen molar-refractivity contribution in [3.8, 4) is 5.75 Å². The Morgan fingerprint density at radius 1 is 1.15 bits per heavy atom. The minimum Gasteiger partial charge on any atom is -0.490 e. The molecule has 0 saturated carbocycles. The quantitative estimate of drug-likeness (QED) is 0.278. The van der Waals surface area contributed by atoms with E-state index in [1.807, 2.05) is 32.0 Å². The van der Waals surface area contributed by atoms with Crippen molar-refractivity contribution < 1.29 is 23.2 Å². The fourth-order valence-electron chi connectivity index (χ4n) is 5.00. The summed E-state index contributed by atoms with van der Waals surface area (Å²) in [6.45, 7) is 5.42. The largest absolute Gasteiger partial charge is 0.519 e. The Morgan fingerprint density at radius 2 is 1.90 bits per heavy atom. The lowest BCUT2D eigenvalue weighted by atomic mass is 9.99. The number of piperidine rings is 1. The number of amides is 1. The third-order valence-corrected chi connectivity index (χ3v) is 7.71. The zero-order valence-corrected chi connectivity index (χ0v) is 24.8. The van der Waals surface area contributed by atoms with Gasteiger partial charge in [-0.15, -0.1) is 0 Å². The standard InChI is InChI=1S/C29H30Cl3N3O6/c1-16(2)26-24(39-29(37)40-26)15-35(28(36)27(31)32)18-6-3-5-17(13-18)23-14-21(34-41-23)25-20(30)7-4-8-22(25)38-19-9-11-33-12-10-19/h3-8,13,16,19,23,27,33H,9-12,14-15H2,1-2H3. The summed E-state index contributed by atoms with van der Waals surface area (Å²) in [5, 5.41) is 8.24. The van der Waals surface area contributed by atoms with E-state index in [9.17, 15) is 9.59 Å². The molecule has 1 unspecified atom stereocenters. The highest BCUT2D eigenvalue weighted by Gasteiger charge is 2.31. The van der Waals surface area contributed by atoms with Gasteiger partial charge < -0.3 is 28.6 Å². The number of ether oxygens (including phenoxy) is 1. The highest BCUT2D eigenvalue weighted by atomic mass is 35.5. The van der Waals surface area contributed by atoms with Crippen LogP contribution in [-0.2, 0) is 16.2 Å². The van der Waals surface area contributed by atoms with Gasteiger partial charge in [-0.05, 0) is 55.8 Å². The second-order valence-corrected chi connectivity index (χ2v) is 11.7. The summed E-state index contributed by atoms with van der Waals surface area (Å²) >= 11 is 18.6. The third-order valence-electron chi connectivity index (χ3n) is 7.02. The Labute approximate surface area is 252 Å². The normalized spacial score (nSPS) is 17.5. The van der Waals surface area contributed by atoms with Gasteiger partial charge in [0, 0.05) is 18.0 Å². The van der Waals surface area contributed by atoms with Crippen molar-refractivity contribution in [1.29, 1.82) is 0 Å². The SMILES string of the molecule is CC(C)c1oc(=O)oc1CN(C(=O)C(Cl)Cl)c1cccc(C2CC(c3c(Cl)cccc3OC3CCNCC3)=NO2)c1. The van der Waals surface area contributed by atoms with Crippen LogP contribution in [0.4, 0.5) is 5.69 Å². The van der Waals surface area contributed by atoms with E-state index in [0.717, 1.165) is 31.5 Å². The van der Waals surface area contributed by atoms with Crippen LogP contribution in [0, 0.1) is 0 Å². The molecule has 1 N–H and O–H groups in total. The van der Waals surface area contributed by atoms with Crippen molar-refractivity contribution in [2.45, 2.75) is 62.6 Å². The summed E-state index contributed by atoms with van der Waals surface area (Å²) in [5.74, 6) is -0.312. The van der Waals surface area contributed by atoms with E-state index in [-0.39, 0.29) is 24.3 Å². The van der Waals surface area contributed by atoms with E-state index < -0.39 is 22.7 Å². The molecule has 3 heterocycles. The summed E-state index contributed by atoms with van der Waals surface area (Å²) < 4.78 is 16.8. The molecule has 3 aromatic rings. The number of oxime groups is 1. The van der Waals surface area contributed by atoms with Gasteiger partial charge in [0.2, 0.25) is 0 Å². The lowest BCUT2D eigenvalue weighted by Crippen LogP contribution is -2.34. The molecule has 1 fully saturated rings. The molecule has 41 heavy (non-hydrogen) atoms. The molecular formula is C29H30Cl3N3O6. The number of rotatable bonds is 9. The first-order valence-electron chi connectivity index (χ1n) is 13.4. The van der Waals surface area contributed by atoms with Crippen LogP contribution in [0.3, 0.4) is 0 Å². The van der Waals surface area contributed by atoms with Crippen LogP contribution in [0.1, 0.15) is 67.8 Å². The van der Waals surface area contributed by atoms with Gasteiger partial charge in [-0.25, -0.2) is 4.79 Å². The monoisotopic (exact) mass is 621 g/mol. The third kappa shape index (κ3) is 6.75. The number of carbonyl (C=O) groups is 1. The first kappa shape index (κ1) is 29.5. The predicted molar refractivity (Wildman–Crippen MR) is 157 cm³/mol. The van der Waals surface area contributed by atoms with E-state index in [1.54, 1.807) is 24.3 Å². The van der Waals surface area contributed by atoms with Crippen LogP contribution in [-0.4, -0.2) is 35.6 Å². The lowest BCUT2D eigenvalue weighted by molar-refractivity contribution is -0.117. The van der Waals surface area contributed by atoms with E-state index >= 15 is 0 Å². The molecule has 0 spiro atoms. The summed E-state index contributed by atoms with van der Waals surface area (Å²) in [4.78, 5) is 30.8. The maximum Gasteiger partial charge on any atom is 0.519 e. The molecule has 0 radical (unpaired) electrons. The Morgan fingerprint density at radius 3 is 2.63 bits per heavy atom. The molecule has 12 heteroatoms. The zero-order valence-electron chi connectivity index (χ0n) is 22.6. The maximum atomic E-state index is 13.1. The van der Waals surface area contributed by atoms with Crippen molar-refractivity contribution in [2.75, 3.05) is 18.0 Å². The van der Waals surface area contributed by atoms with Crippen LogP contribution >= 0.6 is 34.8 Å².